The van der Waals surface area contributed by atoms with Crippen molar-refractivity contribution in [2.24, 2.45) is 0 Å². The molecule has 25 heavy (non-hydrogen) atoms. The second-order valence-corrected chi connectivity index (χ2v) is 6.08. The average Bonchev–Trinajstić information content (AvgIpc) is 2.60. The van der Waals surface area contributed by atoms with Gasteiger partial charge in [-0.2, -0.15) is 0 Å². The summed E-state index contributed by atoms with van der Waals surface area (Å²) in [7, 11) is 1.51. The van der Waals surface area contributed by atoms with Gasteiger partial charge >= 0.3 is 5.97 Å². The maximum Gasteiger partial charge on any atom is 0.303 e. The van der Waals surface area contributed by atoms with Gasteiger partial charge in [-0.3, -0.25) is 9.59 Å². The molecule has 0 aliphatic rings. The maximum absolute atomic E-state index is 12.3. The van der Waals surface area contributed by atoms with Crippen LogP contribution in [0.5, 0.6) is 0 Å². The molecule has 6 heteroatoms. The molecule has 0 aromatic heterocycles. The lowest BCUT2D eigenvalue weighted by Gasteiger charge is -2.17. The summed E-state index contributed by atoms with van der Waals surface area (Å²) in [4.78, 5) is 23.0. The molecule has 5 nitrogen and oxygen atoms in total. The van der Waals surface area contributed by atoms with Crippen LogP contribution in [0.3, 0.4) is 0 Å². The van der Waals surface area contributed by atoms with Gasteiger partial charge in [0.15, 0.2) is 0 Å². The zero-order valence-electron chi connectivity index (χ0n) is 13.9. The van der Waals surface area contributed by atoms with Crippen molar-refractivity contribution in [2.75, 3.05) is 13.7 Å². The molecule has 0 radical (unpaired) electrons. The summed E-state index contributed by atoms with van der Waals surface area (Å²) >= 11 is 5.89. The number of carboxylic acids is 1. The minimum Gasteiger partial charge on any atom is -0.481 e. The molecule has 0 fully saturated rings. The molecular formula is C19H20ClNO4. The van der Waals surface area contributed by atoms with E-state index in [2.05, 4.69) is 5.32 Å². The molecule has 1 atom stereocenters. The van der Waals surface area contributed by atoms with Crippen molar-refractivity contribution < 1.29 is 19.4 Å². The van der Waals surface area contributed by atoms with Gasteiger partial charge in [0, 0.05) is 24.1 Å². The number of carbonyl (C=O) groups excluding carboxylic acids is 1. The van der Waals surface area contributed by atoms with Gasteiger partial charge in [-0.05, 0) is 41.8 Å². The molecule has 2 rings (SSSR count). The second-order valence-electron chi connectivity index (χ2n) is 5.64. The first kappa shape index (κ1) is 19.0. The minimum atomic E-state index is -0.900. The van der Waals surface area contributed by atoms with Crippen LogP contribution in [-0.4, -0.2) is 36.7 Å². The van der Waals surface area contributed by atoms with Crippen LogP contribution >= 0.6 is 11.6 Å². The zero-order valence-corrected chi connectivity index (χ0v) is 14.6. The molecule has 0 aliphatic heterocycles. The van der Waals surface area contributed by atoms with Gasteiger partial charge in [0.1, 0.15) is 0 Å². The van der Waals surface area contributed by atoms with E-state index >= 15 is 0 Å². The van der Waals surface area contributed by atoms with Crippen LogP contribution < -0.4 is 5.32 Å². The van der Waals surface area contributed by atoms with Crippen molar-refractivity contribution in [1.82, 2.24) is 5.32 Å². The van der Waals surface area contributed by atoms with Gasteiger partial charge in [0.2, 0.25) is 0 Å². The fourth-order valence-electron chi connectivity index (χ4n) is 2.42. The van der Waals surface area contributed by atoms with Crippen LogP contribution in [0.2, 0.25) is 5.02 Å². The molecular weight excluding hydrogens is 342 g/mol. The fraction of sp³-hybridized carbons (Fsp3) is 0.263. The van der Waals surface area contributed by atoms with Crippen molar-refractivity contribution in [1.29, 1.82) is 0 Å². The van der Waals surface area contributed by atoms with Gasteiger partial charge in [-0.15, -0.1) is 0 Å². The first-order chi connectivity index (χ1) is 12.0. The summed E-state index contributed by atoms with van der Waals surface area (Å²) in [5, 5.41) is 12.3. The van der Waals surface area contributed by atoms with Gasteiger partial charge in [-0.25, -0.2) is 0 Å². The number of methoxy groups -OCH3 is 1. The topological polar surface area (TPSA) is 75.6 Å². The molecule has 0 saturated heterocycles. The number of amides is 1. The maximum atomic E-state index is 12.3. The summed E-state index contributed by atoms with van der Waals surface area (Å²) in [6, 6.07) is 14.3. The number of rotatable bonds is 8. The third-order valence-corrected chi connectivity index (χ3v) is 3.99. The lowest BCUT2D eigenvalue weighted by molar-refractivity contribution is -0.137. The van der Waals surface area contributed by atoms with E-state index < -0.39 is 5.97 Å². The number of aliphatic carboxylic acids is 1. The SMILES string of the molecule is COC[C@H](CCC(=O)O)NC(=O)c1ccc(-c2ccc(Cl)cc2)cc1. The Labute approximate surface area is 151 Å². The minimum absolute atomic E-state index is 0.0240. The molecule has 0 unspecified atom stereocenters. The molecule has 2 aromatic carbocycles. The van der Waals surface area contributed by atoms with E-state index in [1.54, 1.807) is 12.1 Å². The molecule has 0 saturated carbocycles. The Morgan fingerprint density at radius 1 is 1.08 bits per heavy atom. The standard InChI is InChI=1S/C19H20ClNO4/c1-25-12-17(10-11-18(22)23)21-19(24)15-4-2-13(3-5-15)14-6-8-16(20)9-7-14/h2-9,17H,10-12H2,1H3,(H,21,24)(H,22,23)/t17-/m0/s1. The van der Waals surface area contributed by atoms with Crippen molar-refractivity contribution in [2.45, 2.75) is 18.9 Å². The number of hydrogen-bond donors (Lipinski definition) is 2. The Morgan fingerprint density at radius 2 is 1.64 bits per heavy atom. The summed E-state index contributed by atoms with van der Waals surface area (Å²) < 4.78 is 5.04. The number of hydrogen-bond acceptors (Lipinski definition) is 3. The molecule has 0 heterocycles. The highest BCUT2D eigenvalue weighted by Crippen LogP contribution is 2.22. The van der Waals surface area contributed by atoms with Crippen molar-refractivity contribution in [3.8, 4) is 11.1 Å². The number of halogens is 1. The monoisotopic (exact) mass is 361 g/mol. The summed E-state index contributed by atoms with van der Waals surface area (Å²) in [5.74, 6) is -1.15. The Bertz CT molecular complexity index is 713. The number of benzene rings is 2. The summed E-state index contributed by atoms with van der Waals surface area (Å²) in [5.41, 5.74) is 2.50. The van der Waals surface area contributed by atoms with Crippen LogP contribution in [0.4, 0.5) is 0 Å². The predicted molar refractivity (Wildman–Crippen MR) is 96.9 cm³/mol. The van der Waals surface area contributed by atoms with Crippen LogP contribution in [-0.2, 0) is 9.53 Å². The van der Waals surface area contributed by atoms with Crippen LogP contribution in [0.1, 0.15) is 23.2 Å². The van der Waals surface area contributed by atoms with Gasteiger partial charge in [0.05, 0.1) is 12.6 Å². The van der Waals surface area contributed by atoms with Crippen LogP contribution in [0.25, 0.3) is 11.1 Å². The Morgan fingerprint density at radius 3 is 2.16 bits per heavy atom. The summed E-state index contributed by atoms with van der Waals surface area (Å²) in [6.45, 7) is 0.266. The third-order valence-electron chi connectivity index (χ3n) is 3.73. The highest BCUT2D eigenvalue weighted by Gasteiger charge is 2.15. The van der Waals surface area contributed by atoms with Crippen LogP contribution in [0, 0.1) is 0 Å². The fourth-order valence-corrected chi connectivity index (χ4v) is 2.55. The summed E-state index contributed by atoms with van der Waals surface area (Å²) in [6.07, 6.45) is 0.293. The molecule has 2 N–H and O–H groups in total. The van der Waals surface area contributed by atoms with E-state index in [9.17, 15) is 9.59 Å². The molecule has 1 amide bonds. The van der Waals surface area contributed by atoms with Gasteiger partial charge in [0.25, 0.3) is 5.91 Å². The number of ether oxygens (including phenoxy) is 1. The zero-order chi connectivity index (χ0) is 18.2. The van der Waals surface area contributed by atoms with E-state index in [4.69, 9.17) is 21.4 Å². The first-order valence-corrected chi connectivity index (χ1v) is 8.25. The number of nitrogens with one attached hydrogen (secondary N) is 1. The highest BCUT2D eigenvalue weighted by molar-refractivity contribution is 6.30. The lowest BCUT2D eigenvalue weighted by atomic mass is 10.0. The van der Waals surface area contributed by atoms with E-state index in [1.807, 2.05) is 36.4 Å². The van der Waals surface area contributed by atoms with E-state index in [0.29, 0.717) is 17.0 Å². The Balaban J connectivity index is 2.03. The number of carboxylic acid groups (broad SMARTS) is 1. The Hall–Kier alpha value is -2.37. The lowest BCUT2D eigenvalue weighted by Crippen LogP contribution is -2.38. The largest absolute Gasteiger partial charge is 0.481 e. The van der Waals surface area contributed by atoms with Gasteiger partial charge in [-0.1, -0.05) is 35.9 Å². The molecule has 0 bridgehead atoms. The van der Waals surface area contributed by atoms with Gasteiger partial charge < -0.3 is 15.2 Å². The van der Waals surface area contributed by atoms with Crippen molar-refractivity contribution in [3.05, 3.63) is 59.1 Å². The first-order valence-electron chi connectivity index (χ1n) is 7.87. The van der Waals surface area contributed by atoms with Crippen LogP contribution in [0.15, 0.2) is 48.5 Å². The Kier molecular flexibility index (Phi) is 6.98. The number of carbonyl (C=O) groups is 2. The molecule has 0 aliphatic carbocycles. The predicted octanol–water partition coefficient (Wildman–Crippen LogP) is 3.62. The molecule has 0 spiro atoms. The van der Waals surface area contributed by atoms with E-state index in [0.717, 1.165) is 11.1 Å². The quantitative estimate of drug-likeness (QED) is 0.753. The van der Waals surface area contributed by atoms with E-state index in [-0.39, 0.29) is 25.0 Å². The van der Waals surface area contributed by atoms with Crippen molar-refractivity contribution >= 4 is 23.5 Å². The molecule has 132 valence electrons. The molecule has 2 aromatic rings. The second kappa shape index (κ2) is 9.20. The average molecular weight is 362 g/mol. The van der Waals surface area contributed by atoms with Crippen molar-refractivity contribution in [3.63, 3.8) is 0 Å². The van der Waals surface area contributed by atoms with E-state index in [1.165, 1.54) is 7.11 Å². The normalized spacial score (nSPS) is 11.8. The smallest absolute Gasteiger partial charge is 0.303 e. The highest BCUT2D eigenvalue weighted by atomic mass is 35.5. The third kappa shape index (κ3) is 5.89.